The van der Waals surface area contributed by atoms with E-state index in [0.717, 1.165) is 6.42 Å². The summed E-state index contributed by atoms with van der Waals surface area (Å²) < 4.78 is 10.6. The van der Waals surface area contributed by atoms with E-state index >= 15 is 0 Å². The lowest BCUT2D eigenvalue weighted by atomic mass is 10.2. The van der Waals surface area contributed by atoms with Crippen LogP contribution in [0.2, 0.25) is 12.1 Å². The van der Waals surface area contributed by atoms with E-state index < -0.39 is 8.56 Å². The molecular weight excluding hydrogens is 184 g/mol. The van der Waals surface area contributed by atoms with Gasteiger partial charge in [0.25, 0.3) is 0 Å². The van der Waals surface area contributed by atoms with Gasteiger partial charge < -0.3 is 8.85 Å². The summed E-state index contributed by atoms with van der Waals surface area (Å²) in [6.07, 6.45) is 2.08. The Morgan fingerprint density at radius 3 is 2.23 bits per heavy atom. The molecule has 0 aromatic rings. The SMILES string of the molecule is C=CC(=O)C(CC)[Si](C)(OC)OC. The van der Waals surface area contributed by atoms with Gasteiger partial charge in [-0.15, -0.1) is 0 Å². The molecule has 0 saturated carbocycles. The lowest BCUT2D eigenvalue weighted by molar-refractivity contribution is -0.115. The van der Waals surface area contributed by atoms with E-state index in [1.54, 1.807) is 14.2 Å². The summed E-state index contributed by atoms with van der Waals surface area (Å²) in [4.78, 5) is 11.5. The summed E-state index contributed by atoms with van der Waals surface area (Å²) >= 11 is 0. The van der Waals surface area contributed by atoms with Crippen LogP contribution in [0.1, 0.15) is 13.3 Å². The van der Waals surface area contributed by atoms with E-state index in [9.17, 15) is 4.79 Å². The summed E-state index contributed by atoms with van der Waals surface area (Å²) in [5.41, 5.74) is -0.153. The van der Waals surface area contributed by atoms with Crippen LogP contribution >= 0.6 is 0 Å². The predicted molar refractivity (Wildman–Crippen MR) is 54.9 cm³/mol. The summed E-state index contributed by atoms with van der Waals surface area (Å²) in [6, 6.07) is 0. The standard InChI is InChI=1S/C9H18O3Si/c1-6-8(10)9(7-2)13(5,11-3)12-4/h6,9H,1,7H2,2-5H3. The molecule has 0 radical (unpaired) electrons. The van der Waals surface area contributed by atoms with Crippen LogP contribution in [0.25, 0.3) is 0 Å². The number of hydrogen-bond donors (Lipinski definition) is 0. The summed E-state index contributed by atoms with van der Waals surface area (Å²) in [5, 5.41) is 0. The molecule has 0 aliphatic rings. The van der Waals surface area contributed by atoms with Crippen LogP contribution in [0.3, 0.4) is 0 Å². The maximum Gasteiger partial charge on any atom is 0.345 e. The van der Waals surface area contributed by atoms with E-state index in [1.807, 2.05) is 13.5 Å². The van der Waals surface area contributed by atoms with Crippen LogP contribution in [0.5, 0.6) is 0 Å². The molecule has 0 saturated heterocycles. The highest BCUT2D eigenvalue weighted by Gasteiger charge is 2.41. The molecule has 0 aromatic carbocycles. The zero-order valence-corrected chi connectivity index (χ0v) is 9.79. The predicted octanol–water partition coefficient (Wildman–Crippen LogP) is 1.89. The maximum atomic E-state index is 11.5. The van der Waals surface area contributed by atoms with Gasteiger partial charge >= 0.3 is 8.56 Å². The fraction of sp³-hybridized carbons (Fsp3) is 0.667. The number of hydrogen-bond acceptors (Lipinski definition) is 3. The fourth-order valence-corrected chi connectivity index (χ4v) is 3.45. The Bertz CT molecular complexity index is 187. The second-order valence-electron chi connectivity index (χ2n) is 2.99. The molecule has 1 atom stereocenters. The Morgan fingerprint density at radius 1 is 1.54 bits per heavy atom. The first-order valence-corrected chi connectivity index (χ1v) is 6.71. The van der Waals surface area contributed by atoms with Crippen molar-refractivity contribution >= 4 is 14.3 Å². The molecule has 0 bridgehead atoms. The second kappa shape index (κ2) is 5.31. The van der Waals surface area contributed by atoms with Crippen LogP contribution in [0.15, 0.2) is 12.7 Å². The normalized spacial score (nSPS) is 13.8. The first kappa shape index (κ1) is 12.5. The Morgan fingerprint density at radius 2 is 2.00 bits per heavy atom. The summed E-state index contributed by atoms with van der Waals surface area (Å²) in [5.74, 6) is 0.0142. The van der Waals surface area contributed by atoms with Gasteiger partial charge in [-0.3, -0.25) is 4.79 Å². The second-order valence-corrected chi connectivity index (χ2v) is 6.54. The van der Waals surface area contributed by atoms with Crippen molar-refractivity contribution in [2.75, 3.05) is 14.2 Å². The zero-order valence-electron chi connectivity index (χ0n) is 8.79. The van der Waals surface area contributed by atoms with Gasteiger partial charge in [0.05, 0.1) is 5.54 Å². The van der Waals surface area contributed by atoms with Gasteiger partial charge in [-0.2, -0.15) is 0 Å². The molecule has 4 heteroatoms. The zero-order chi connectivity index (χ0) is 10.5. The Labute approximate surface area is 81.0 Å². The van der Waals surface area contributed by atoms with Crippen molar-refractivity contribution in [1.29, 1.82) is 0 Å². The molecule has 76 valence electrons. The molecule has 0 spiro atoms. The van der Waals surface area contributed by atoms with Gasteiger partial charge in [-0.05, 0) is 19.0 Å². The molecule has 0 aromatic heterocycles. The summed E-state index contributed by atoms with van der Waals surface area (Å²) in [7, 11) is 0.852. The minimum absolute atomic E-state index is 0.0142. The van der Waals surface area contributed by atoms with Crippen molar-refractivity contribution in [3.63, 3.8) is 0 Å². The number of allylic oxidation sites excluding steroid dienone is 1. The molecule has 3 nitrogen and oxygen atoms in total. The third-order valence-corrected chi connectivity index (χ3v) is 5.98. The van der Waals surface area contributed by atoms with Gasteiger partial charge in [-0.1, -0.05) is 13.5 Å². The van der Waals surface area contributed by atoms with E-state index in [1.165, 1.54) is 6.08 Å². The molecule has 0 fully saturated rings. The highest BCUT2D eigenvalue weighted by atomic mass is 28.4. The third-order valence-electron chi connectivity index (χ3n) is 2.40. The van der Waals surface area contributed by atoms with Crippen LogP contribution < -0.4 is 0 Å². The van der Waals surface area contributed by atoms with E-state index in [-0.39, 0.29) is 11.3 Å². The van der Waals surface area contributed by atoms with Crippen molar-refractivity contribution < 1.29 is 13.6 Å². The van der Waals surface area contributed by atoms with Crippen molar-refractivity contribution in [1.82, 2.24) is 0 Å². The van der Waals surface area contributed by atoms with Crippen molar-refractivity contribution in [3.8, 4) is 0 Å². The van der Waals surface area contributed by atoms with Gasteiger partial charge in [0.15, 0.2) is 5.78 Å². The third kappa shape index (κ3) is 2.75. The van der Waals surface area contributed by atoms with Gasteiger partial charge in [0.2, 0.25) is 0 Å². The monoisotopic (exact) mass is 202 g/mol. The molecule has 1 unspecified atom stereocenters. The molecule has 0 N–H and O–H groups in total. The summed E-state index contributed by atoms with van der Waals surface area (Å²) in [6.45, 7) is 7.32. The van der Waals surface area contributed by atoms with Gasteiger partial charge in [-0.25, -0.2) is 0 Å². The topological polar surface area (TPSA) is 35.5 Å². The average molecular weight is 202 g/mol. The first-order chi connectivity index (χ1) is 6.05. The number of carbonyl (C=O) groups excluding carboxylic acids is 1. The Hall–Kier alpha value is -0.453. The van der Waals surface area contributed by atoms with Crippen LogP contribution in [-0.2, 0) is 13.6 Å². The Balaban J connectivity index is 4.71. The Kier molecular flexibility index (Phi) is 5.13. The molecule has 0 aliphatic heterocycles. The van der Waals surface area contributed by atoms with Crippen molar-refractivity contribution in [3.05, 3.63) is 12.7 Å². The van der Waals surface area contributed by atoms with Crippen molar-refractivity contribution in [2.45, 2.75) is 25.4 Å². The number of ketones is 1. The van der Waals surface area contributed by atoms with Crippen LogP contribution in [-0.4, -0.2) is 28.6 Å². The molecule has 0 heterocycles. The van der Waals surface area contributed by atoms with Gasteiger partial charge in [0, 0.05) is 14.2 Å². The quantitative estimate of drug-likeness (QED) is 0.487. The van der Waals surface area contributed by atoms with Crippen molar-refractivity contribution in [2.24, 2.45) is 0 Å². The first-order valence-electron chi connectivity index (χ1n) is 4.32. The van der Waals surface area contributed by atoms with Crippen LogP contribution in [0.4, 0.5) is 0 Å². The highest BCUT2D eigenvalue weighted by molar-refractivity contribution is 6.71. The van der Waals surface area contributed by atoms with E-state index in [0.29, 0.717) is 0 Å². The lowest BCUT2D eigenvalue weighted by Crippen LogP contribution is -2.44. The van der Waals surface area contributed by atoms with Gasteiger partial charge in [0.1, 0.15) is 0 Å². The highest BCUT2D eigenvalue weighted by Crippen LogP contribution is 2.27. The minimum atomic E-state index is -2.33. The largest absolute Gasteiger partial charge is 0.397 e. The smallest absolute Gasteiger partial charge is 0.345 e. The number of rotatable bonds is 6. The molecule has 0 aliphatic carbocycles. The molecular formula is C9H18O3Si. The molecule has 0 amide bonds. The van der Waals surface area contributed by atoms with E-state index in [4.69, 9.17) is 8.85 Å². The lowest BCUT2D eigenvalue weighted by Gasteiger charge is -2.29. The molecule has 0 rings (SSSR count). The maximum absolute atomic E-state index is 11.5. The minimum Gasteiger partial charge on any atom is -0.397 e. The fourth-order valence-electron chi connectivity index (χ4n) is 1.34. The van der Waals surface area contributed by atoms with E-state index in [2.05, 4.69) is 6.58 Å². The number of carbonyl (C=O) groups is 1. The average Bonchev–Trinajstić information content (AvgIpc) is 2.18. The van der Waals surface area contributed by atoms with Crippen LogP contribution in [0, 0.1) is 0 Å². The molecule has 13 heavy (non-hydrogen) atoms.